The SMILES string of the molecule is COc1ccc(/C=N\NC(=O)c2cc(OC)c(OC)c(OC)c2)cc1COc1ccc([N+](=O)[O-])cc1. The second kappa shape index (κ2) is 12.1. The molecule has 1 amide bonds. The number of nitro benzene ring substituents is 1. The van der Waals surface area contributed by atoms with Crippen molar-refractivity contribution in [2.75, 3.05) is 28.4 Å². The number of hydrogen-bond acceptors (Lipinski definition) is 9. The summed E-state index contributed by atoms with van der Waals surface area (Å²) < 4.78 is 26.9. The number of nitro groups is 1. The molecule has 0 spiro atoms. The second-order valence-corrected chi connectivity index (χ2v) is 7.22. The maximum atomic E-state index is 12.6. The molecule has 0 heterocycles. The Morgan fingerprint density at radius 2 is 1.56 bits per heavy atom. The van der Waals surface area contributed by atoms with E-state index in [0.29, 0.717) is 34.3 Å². The minimum Gasteiger partial charge on any atom is -0.496 e. The van der Waals surface area contributed by atoms with E-state index < -0.39 is 10.8 Å². The van der Waals surface area contributed by atoms with Gasteiger partial charge in [0.25, 0.3) is 11.6 Å². The summed E-state index contributed by atoms with van der Waals surface area (Å²) >= 11 is 0. The lowest BCUT2D eigenvalue weighted by Gasteiger charge is -2.13. The van der Waals surface area contributed by atoms with Crippen molar-refractivity contribution < 1.29 is 33.4 Å². The number of nitrogens with one attached hydrogen (secondary N) is 1. The number of carbonyl (C=O) groups is 1. The average molecular weight is 495 g/mol. The van der Waals surface area contributed by atoms with Crippen LogP contribution in [-0.4, -0.2) is 45.5 Å². The van der Waals surface area contributed by atoms with Gasteiger partial charge in [-0.25, -0.2) is 5.43 Å². The molecule has 3 aromatic carbocycles. The largest absolute Gasteiger partial charge is 0.496 e. The molecular weight excluding hydrogens is 470 g/mol. The minimum absolute atomic E-state index is 0.0216. The molecule has 0 atom stereocenters. The van der Waals surface area contributed by atoms with Gasteiger partial charge in [-0.2, -0.15) is 5.10 Å². The predicted octanol–water partition coefficient (Wildman–Crippen LogP) is 3.97. The summed E-state index contributed by atoms with van der Waals surface area (Å²) in [6, 6.07) is 14.1. The molecule has 0 aromatic heterocycles. The molecule has 0 saturated heterocycles. The van der Waals surface area contributed by atoms with E-state index in [-0.39, 0.29) is 17.9 Å². The molecule has 0 saturated carbocycles. The van der Waals surface area contributed by atoms with Gasteiger partial charge >= 0.3 is 0 Å². The number of methoxy groups -OCH3 is 4. The summed E-state index contributed by atoms with van der Waals surface area (Å²) in [6.45, 7) is 0.153. The molecule has 0 bridgehead atoms. The van der Waals surface area contributed by atoms with Crippen molar-refractivity contribution in [2.24, 2.45) is 5.10 Å². The van der Waals surface area contributed by atoms with Crippen LogP contribution in [0.25, 0.3) is 0 Å². The molecule has 0 aliphatic rings. The number of amides is 1. The topological polar surface area (TPSA) is 131 Å². The van der Waals surface area contributed by atoms with E-state index in [1.54, 1.807) is 18.2 Å². The van der Waals surface area contributed by atoms with Crippen molar-refractivity contribution in [3.05, 3.63) is 81.4 Å². The number of nitrogens with zero attached hydrogens (tertiary/aromatic N) is 2. The van der Waals surface area contributed by atoms with Crippen molar-refractivity contribution in [1.29, 1.82) is 0 Å². The van der Waals surface area contributed by atoms with Crippen LogP contribution in [0.5, 0.6) is 28.7 Å². The molecule has 11 heteroatoms. The molecule has 0 fully saturated rings. The average Bonchev–Trinajstić information content (AvgIpc) is 2.91. The van der Waals surface area contributed by atoms with Crippen molar-refractivity contribution in [1.82, 2.24) is 5.43 Å². The molecule has 3 aromatic rings. The van der Waals surface area contributed by atoms with Crippen molar-refractivity contribution >= 4 is 17.8 Å². The number of hydrogen-bond donors (Lipinski definition) is 1. The Balaban J connectivity index is 1.70. The Hall–Kier alpha value is -4.80. The van der Waals surface area contributed by atoms with Crippen LogP contribution in [0.4, 0.5) is 5.69 Å². The van der Waals surface area contributed by atoms with Crippen LogP contribution in [0.3, 0.4) is 0 Å². The van der Waals surface area contributed by atoms with E-state index in [1.807, 2.05) is 0 Å². The molecule has 0 unspecified atom stereocenters. The Kier molecular flexibility index (Phi) is 8.65. The Labute approximate surface area is 207 Å². The highest BCUT2D eigenvalue weighted by molar-refractivity contribution is 5.96. The highest BCUT2D eigenvalue weighted by Gasteiger charge is 2.16. The quantitative estimate of drug-likeness (QED) is 0.240. The van der Waals surface area contributed by atoms with Crippen LogP contribution in [0.1, 0.15) is 21.5 Å². The lowest BCUT2D eigenvalue weighted by atomic mass is 10.1. The number of benzene rings is 3. The van der Waals surface area contributed by atoms with E-state index in [0.717, 1.165) is 5.56 Å². The van der Waals surface area contributed by atoms with Crippen molar-refractivity contribution in [2.45, 2.75) is 6.61 Å². The monoisotopic (exact) mass is 495 g/mol. The first-order valence-corrected chi connectivity index (χ1v) is 10.6. The molecule has 0 aliphatic carbocycles. The lowest BCUT2D eigenvalue weighted by Crippen LogP contribution is -2.18. The van der Waals surface area contributed by atoms with E-state index in [9.17, 15) is 14.9 Å². The lowest BCUT2D eigenvalue weighted by molar-refractivity contribution is -0.384. The smallest absolute Gasteiger partial charge is 0.271 e. The van der Waals surface area contributed by atoms with E-state index in [2.05, 4.69) is 10.5 Å². The minimum atomic E-state index is -0.476. The van der Waals surface area contributed by atoms with Crippen LogP contribution >= 0.6 is 0 Å². The van der Waals surface area contributed by atoms with Crippen molar-refractivity contribution in [3.8, 4) is 28.7 Å². The summed E-state index contributed by atoms with van der Waals surface area (Å²) in [7, 11) is 5.94. The number of ether oxygens (including phenoxy) is 5. The Morgan fingerprint density at radius 3 is 2.11 bits per heavy atom. The van der Waals surface area contributed by atoms with Gasteiger partial charge in [-0.3, -0.25) is 14.9 Å². The number of hydrazone groups is 1. The fraction of sp³-hybridized carbons (Fsp3) is 0.200. The third-order valence-electron chi connectivity index (χ3n) is 5.05. The summed E-state index contributed by atoms with van der Waals surface area (Å²) in [4.78, 5) is 22.9. The molecule has 1 N–H and O–H groups in total. The van der Waals surface area contributed by atoms with Gasteiger partial charge in [0.2, 0.25) is 5.75 Å². The normalized spacial score (nSPS) is 10.6. The van der Waals surface area contributed by atoms with E-state index in [4.69, 9.17) is 23.7 Å². The zero-order valence-electron chi connectivity index (χ0n) is 20.1. The van der Waals surface area contributed by atoms with E-state index >= 15 is 0 Å². The van der Waals surface area contributed by atoms with Crippen LogP contribution < -0.4 is 29.1 Å². The third kappa shape index (κ3) is 6.20. The maximum Gasteiger partial charge on any atom is 0.271 e. The van der Waals surface area contributed by atoms with Gasteiger partial charge < -0.3 is 23.7 Å². The Bertz CT molecular complexity index is 1230. The number of non-ortho nitro benzene ring substituents is 1. The van der Waals surface area contributed by atoms with Gasteiger partial charge in [0, 0.05) is 23.3 Å². The van der Waals surface area contributed by atoms with Crippen molar-refractivity contribution in [3.63, 3.8) is 0 Å². The van der Waals surface area contributed by atoms with Gasteiger partial charge in [-0.05, 0) is 48.0 Å². The summed E-state index contributed by atoms with van der Waals surface area (Å²) in [5, 5.41) is 14.8. The van der Waals surface area contributed by atoms with Gasteiger partial charge in [-0.1, -0.05) is 0 Å². The molecule has 11 nitrogen and oxygen atoms in total. The van der Waals surface area contributed by atoms with Crippen LogP contribution in [0, 0.1) is 10.1 Å². The summed E-state index contributed by atoms with van der Waals surface area (Å²) in [6.07, 6.45) is 1.48. The molecule has 3 rings (SSSR count). The summed E-state index contributed by atoms with van der Waals surface area (Å²) in [5.74, 6) is 1.66. The maximum absolute atomic E-state index is 12.6. The molecule has 0 aliphatic heterocycles. The zero-order chi connectivity index (χ0) is 26.1. The predicted molar refractivity (Wildman–Crippen MR) is 132 cm³/mol. The number of rotatable bonds is 11. The molecule has 188 valence electrons. The van der Waals surface area contributed by atoms with Crippen LogP contribution in [0.15, 0.2) is 59.7 Å². The fourth-order valence-corrected chi connectivity index (χ4v) is 3.26. The van der Waals surface area contributed by atoms with Gasteiger partial charge in [-0.15, -0.1) is 0 Å². The zero-order valence-corrected chi connectivity index (χ0v) is 20.1. The molecular formula is C25H25N3O8. The highest BCUT2D eigenvalue weighted by Crippen LogP contribution is 2.38. The van der Waals surface area contributed by atoms with Gasteiger partial charge in [0.15, 0.2) is 11.5 Å². The van der Waals surface area contributed by atoms with Gasteiger partial charge in [0.05, 0.1) is 39.6 Å². The van der Waals surface area contributed by atoms with Gasteiger partial charge in [0.1, 0.15) is 18.1 Å². The van der Waals surface area contributed by atoms with E-state index in [1.165, 1.54) is 71.1 Å². The summed E-state index contributed by atoms with van der Waals surface area (Å²) in [5.41, 5.74) is 4.12. The van der Waals surface area contributed by atoms with Crippen LogP contribution in [-0.2, 0) is 6.61 Å². The molecule has 36 heavy (non-hydrogen) atoms. The third-order valence-corrected chi connectivity index (χ3v) is 5.05. The first kappa shape index (κ1) is 25.8. The Morgan fingerprint density at radius 1 is 0.917 bits per heavy atom. The fourth-order valence-electron chi connectivity index (χ4n) is 3.26. The second-order valence-electron chi connectivity index (χ2n) is 7.22. The van der Waals surface area contributed by atoms with Crippen LogP contribution in [0.2, 0.25) is 0 Å². The highest BCUT2D eigenvalue weighted by atomic mass is 16.6. The first-order chi connectivity index (χ1) is 17.4. The standard InChI is InChI=1S/C25H25N3O8/c1-32-21-10-5-16(11-18(21)15-36-20-8-6-19(7-9-20)28(30)31)14-26-27-25(29)17-12-22(33-2)24(35-4)23(13-17)34-3/h5-14H,15H2,1-4H3,(H,27,29)/b26-14-. The molecule has 0 radical (unpaired) electrons. The first-order valence-electron chi connectivity index (χ1n) is 10.6. The number of carbonyl (C=O) groups excluding carboxylic acids is 1.